The number of nitrogens with one attached hydrogen (secondary N) is 2. The van der Waals surface area contributed by atoms with E-state index in [9.17, 15) is 4.79 Å². The van der Waals surface area contributed by atoms with Crippen LogP contribution in [0.15, 0.2) is 29.3 Å². The van der Waals surface area contributed by atoms with Gasteiger partial charge in [0.05, 0.1) is 13.2 Å². The van der Waals surface area contributed by atoms with Gasteiger partial charge in [0.2, 0.25) is 0 Å². The summed E-state index contributed by atoms with van der Waals surface area (Å²) in [5.41, 5.74) is 2.88. The number of benzene rings is 1. The number of halogens is 1. The minimum absolute atomic E-state index is 0. The maximum Gasteiger partial charge on any atom is 0.409 e. The number of piperidine rings is 1. The van der Waals surface area contributed by atoms with Gasteiger partial charge in [-0.25, -0.2) is 4.79 Å². The highest BCUT2D eigenvalue weighted by atomic mass is 127. The minimum Gasteiger partial charge on any atom is -0.450 e. The summed E-state index contributed by atoms with van der Waals surface area (Å²) in [5, 5.41) is 6.97. The topological polar surface area (TPSA) is 69.2 Å². The summed E-state index contributed by atoms with van der Waals surface area (Å²) in [6.07, 6.45) is 2.69. The zero-order chi connectivity index (χ0) is 22.3. The molecule has 2 heterocycles. The lowest BCUT2D eigenvalue weighted by molar-refractivity contribution is 0.0962. The number of fused-ring (bicyclic) bond motifs is 1. The maximum absolute atomic E-state index is 11.9. The molecule has 0 unspecified atom stereocenters. The second-order valence-corrected chi connectivity index (χ2v) is 9.05. The molecule has 3 rings (SSSR count). The molecule has 32 heavy (non-hydrogen) atoms. The molecule has 0 aromatic heterocycles. The van der Waals surface area contributed by atoms with Crippen molar-refractivity contribution >= 4 is 36.0 Å². The number of carbonyl (C=O) groups is 1. The molecule has 1 aromatic rings. The van der Waals surface area contributed by atoms with Crippen molar-refractivity contribution in [3.05, 3.63) is 35.4 Å². The lowest BCUT2D eigenvalue weighted by Crippen LogP contribution is -2.51. The third-order valence-electron chi connectivity index (χ3n) is 6.32. The van der Waals surface area contributed by atoms with Crippen LogP contribution in [0.25, 0.3) is 0 Å². The molecule has 7 nitrogen and oxygen atoms in total. The van der Waals surface area contributed by atoms with E-state index in [1.165, 1.54) is 11.1 Å². The number of aliphatic imine (C=N–C) groups is 1. The summed E-state index contributed by atoms with van der Waals surface area (Å²) in [5.74, 6) is 0.863. The summed E-state index contributed by atoms with van der Waals surface area (Å²) in [4.78, 5) is 21.2. The summed E-state index contributed by atoms with van der Waals surface area (Å²) < 4.78 is 5.12. The Kier molecular flexibility index (Phi) is 10.5. The van der Waals surface area contributed by atoms with Crippen molar-refractivity contribution in [1.82, 2.24) is 20.4 Å². The van der Waals surface area contributed by atoms with Gasteiger partial charge in [-0.1, -0.05) is 24.3 Å². The Hall–Kier alpha value is -1.55. The summed E-state index contributed by atoms with van der Waals surface area (Å²) >= 11 is 0. The average Bonchev–Trinajstić information content (AvgIpc) is 2.78. The van der Waals surface area contributed by atoms with E-state index in [0.29, 0.717) is 25.7 Å². The predicted molar refractivity (Wildman–Crippen MR) is 141 cm³/mol. The number of guanidine groups is 1. The highest BCUT2D eigenvalue weighted by Gasteiger charge is 2.30. The van der Waals surface area contributed by atoms with Gasteiger partial charge in [-0.15, -0.1) is 24.0 Å². The van der Waals surface area contributed by atoms with Gasteiger partial charge < -0.3 is 20.3 Å². The number of hydrogen-bond acceptors (Lipinski definition) is 4. The molecule has 1 amide bonds. The first kappa shape index (κ1) is 26.7. The Morgan fingerprint density at radius 3 is 2.50 bits per heavy atom. The zero-order valence-corrected chi connectivity index (χ0v) is 22.4. The average molecular weight is 558 g/mol. The molecule has 0 spiro atoms. The fourth-order valence-corrected chi connectivity index (χ4v) is 4.32. The number of carbonyl (C=O) groups excluding carboxylic acids is 1. The van der Waals surface area contributed by atoms with Crippen LogP contribution in [-0.4, -0.2) is 72.8 Å². The van der Waals surface area contributed by atoms with Gasteiger partial charge in [0.15, 0.2) is 5.96 Å². The van der Waals surface area contributed by atoms with Gasteiger partial charge in [0, 0.05) is 44.3 Å². The third-order valence-corrected chi connectivity index (χ3v) is 6.32. The molecule has 1 saturated heterocycles. The van der Waals surface area contributed by atoms with Crippen LogP contribution in [0.3, 0.4) is 0 Å². The molecule has 0 saturated carbocycles. The number of likely N-dealkylation sites (tertiary alicyclic amines) is 1. The van der Waals surface area contributed by atoms with Gasteiger partial charge in [-0.3, -0.25) is 9.89 Å². The number of nitrogens with zero attached hydrogens (tertiary/aromatic N) is 3. The van der Waals surface area contributed by atoms with Crippen LogP contribution in [0.1, 0.15) is 51.7 Å². The molecular weight excluding hydrogens is 517 g/mol. The number of amides is 1. The molecule has 0 aliphatic carbocycles. The lowest BCUT2D eigenvalue weighted by Gasteiger charge is -2.41. The van der Waals surface area contributed by atoms with Crippen LogP contribution in [0.5, 0.6) is 0 Å². The highest BCUT2D eigenvalue weighted by molar-refractivity contribution is 14.0. The first-order valence-corrected chi connectivity index (χ1v) is 11.7. The van der Waals surface area contributed by atoms with Crippen LogP contribution in [0.2, 0.25) is 0 Å². The monoisotopic (exact) mass is 557 g/mol. The fourth-order valence-electron chi connectivity index (χ4n) is 4.32. The fraction of sp³-hybridized carbons (Fsp3) is 0.667. The van der Waals surface area contributed by atoms with Crippen molar-refractivity contribution in [3.8, 4) is 0 Å². The van der Waals surface area contributed by atoms with Gasteiger partial charge in [-0.2, -0.15) is 0 Å². The lowest BCUT2D eigenvalue weighted by atomic mass is 9.94. The van der Waals surface area contributed by atoms with Crippen LogP contribution >= 0.6 is 24.0 Å². The Morgan fingerprint density at radius 1 is 1.16 bits per heavy atom. The number of rotatable bonds is 6. The van der Waals surface area contributed by atoms with Crippen LogP contribution in [0, 0.1) is 0 Å². The molecule has 1 fully saturated rings. The van der Waals surface area contributed by atoms with Crippen molar-refractivity contribution < 1.29 is 9.53 Å². The Labute approximate surface area is 210 Å². The summed E-state index contributed by atoms with van der Waals surface area (Å²) in [7, 11) is 0. The smallest absolute Gasteiger partial charge is 0.409 e. The highest BCUT2D eigenvalue weighted by Crippen LogP contribution is 2.25. The van der Waals surface area contributed by atoms with E-state index in [1.807, 2.05) is 6.92 Å². The van der Waals surface area contributed by atoms with E-state index in [-0.39, 0.29) is 35.6 Å². The van der Waals surface area contributed by atoms with E-state index in [4.69, 9.17) is 9.73 Å². The van der Waals surface area contributed by atoms with E-state index in [0.717, 1.165) is 51.4 Å². The molecule has 1 aromatic carbocycles. The van der Waals surface area contributed by atoms with Gasteiger partial charge >= 0.3 is 6.09 Å². The SMILES string of the molecule is CCNC(=NCC(C)(C)N1CCc2ccccc2C1)NC1CCN(C(=O)OCC)CC1.I. The molecule has 0 radical (unpaired) electrons. The largest absolute Gasteiger partial charge is 0.450 e. The van der Waals surface area contributed by atoms with E-state index in [1.54, 1.807) is 4.90 Å². The van der Waals surface area contributed by atoms with E-state index in [2.05, 4.69) is 60.6 Å². The molecule has 8 heteroatoms. The number of hydrogen-bond donors (Lipinski definition) is 2. The Bertz CT molecular complexity index is 763. The van der Waals surface area contributed by atoms with Crippen molar-refractivity contribution in [2.75, 3.05) is 39.3 Å². The first-order valence-electron chi connectivity index (χ1n) is 11.7. The molecule has 2 aliphatic heterocycles. The number of ether oxygens (including phenoxy) is 1. The molecule has 0 bridgehead atoms. The zero-order valence-electron chi connectivity index (χ0n) is 20.0. The predicted octanol–water partition coefficient (Wildman–Crippen LogP) is 3.62. The van der Waals surface area contributed by atoms with Gasteiger partial charge in [0.1, 0.15) is 0 Å². The minimum atomic E-state index is -0.202. The van der Waals surface area contributed by atoms with Gasteiger partial charge in [0.25, 0.3) is 0 Å². The second kappa shape index (κ2) is 12.6. The van der Waals surface area contributed by atoms with Crippen molar-refractivity contribution in [2.45, 2.75) is 65.1 Å². The standard InChI is InChI=1S/C24H39N5O2.HI/c1-5-25-22(27-21-12-14-28(15-13-21)23(30)31-6-2)26-18-24(3,4)29-16-11-19-9-7-8-10-20(19)17-29;/h7-10,21H,5-6,11-18H2,1-4H3,(H2,25,26,27);1H. The molecule has 0 atom stereocenters. The first-order chi connectivity index (χ1) is 14.9. The molecule has 2 N–H and O–H groups in total. The van der Waals surface area contributed by atoms with E-state index >= 15 is 0 Å². The molecular formula is C24H40IN5O2. The maximum atomic E-state index is 11.9. The van der Waals surface area contributed by atoms with Gasteiger partial charge in [-0.05, 0) is 58.1 Å². The van der Waals surface area contributed by atoms with Crippen molar-refractivity contribution in [2.24, 2.45) is 4.99 Å². The Balaban J connectivity index is 0.00000363. The Morgan fingerprint density at radius 2 is 1.84 bits per heavy atom. The third kappa shape index (κ3) is 7.23. The second-order valence-electron chi connectivity index (χ2n) is 9.05. The van der Waals surface area contributed by atoms with E-state index < -0.39 is 0 Å². The van der Waals surface area contributed by atoms with Crippen LogP contribution in [-0.2, 0) is 17.7 Å². The molecule has 180 valence electrons. The normalized spacial score (nSPS) is 17.9. The van der Waals surface area contributed by atoms with Crippen molar-refractivity contribution in [3.63, 3.8) is 0 Å². The molecule has 2 aliphatic rings. The summed E-state index contributed by atoms with van der Waals surface area (Å²) in [6.45, 7) is 14.0. The summed E-state index contributed by atoms with van der Waals surface area (Å²) in [6, 6.07) is 9.07. The quantitative estimate of drug-likeness (QED) is 0.318. The van der Waals surface area contributed by atoms with Crippen LogP contribution < -0.4 is 10.6 Å². The van der Waals surface area contributed by atoms with Crippen LogP contribution in [0.4, 0.5) is 4.79 Å². The van der Waals surface area contributed by atoms with Crippen molar-refractivity contribution in [1.29, 1.82) is 0 Å².